The molecule has 0 saturated carbocycles. The first-order valence-electron chi connectivity index (χ1n) is 3.89. The van der Waals surface area contributed by atoms with Crippen LogP contribution in [0.2, 0.25) is 0 Å². The molecular weight excluding hydrogens is 168 g/mol. The lowest BCUT2D eigenvalue weighted by Gasteiger charge is -1.94. The normalized spacial score (nSPS) is 10.2. The van der Waals surface area contributed by atoms with Gasteiger partial charge in [-0.1, -0.05) is 18.2 Å². The van der Waals surface area contributed by atoms with Gasteiger partial charge in [-0.05, 0) is 6.07 Å². The summed E-state index contributed by atoms with van der Waals surface area (Å²) < 4.78 is 4.63. The lowest BCUT2D eigenvalue weighted by atomic mass is 10.2. The molecule has 0 amide bonds. The van der Waals surface area contributed by atoms with Crippen molar-refractivity contribution in [2.24, 2.45) is 0 Å². The average Bonchev–Trinajstić information content (AvgIpc) is 2.58. The Balaban J connectivity index is 2.40. The van der Waals surface area contributed by atoms with Gasteiger partial charge in [0.1, 0.15) is 6.61 Å². The number of benzene rings is 1. The molecule has 4 heteroatoms. The third-order valence-electron chi connectivity index (χ3n) is 1.84. The van der Waals surface area contributed by atoms with Crippen molar-refractivity contribution in [3.8, 4) is 0 Å². The third-order valence-corrected chi connectivity index (χ3v) is 1.84. The minimum atomic E-state index is 0.240. The number of aromatic amines is 1. The van der Waals surface area contributed by atoms with Gasteiger partial charge in [0.2, 0.25) is 0 Å². The topological polar surface area (TPSA) is 55.0 Å². The van der Waals surface area contributed by atoms with Crippen molar-refractivity contribution >= 4 is 17.4 Å². The van der Waals surface area contributed by atoms with Crippen molar-refractivity contribution in [1.82, 2.24) is 10.2 Å². The van der Waals surface area contributed by atoms with E-state index in [0.717, 1.165) is 16.6 Å². The summed E-state index contributed by atoms with van der Waals surface area (Å²) in [6.45, 7) is 0.666. The average molecular weight is 176 g/mol. The van der Waals surface area contributed by atoms with E-state index in [2.05, 4.69) is 14.9 Å². The van der Waals surface area contributed by atoms with E-state index in [4.69, 9.17) is 0 Å². The molecule has 0 aliphatic carbocycles. The Morgan fingerprint density at radius 1 is 1.46 bits per heavy atom. The van der Waals surface area contributed by atoms with Gasteiger partial charge in [-0.3, -0.25) is 9.89 Å². The van der Waals surface area contributed by atoms with Crippen LogP contribution in [-0.2, 0) is 16.1 Å². The second-order valence-corrected chi connectivity index (χ2v) is 2.63. The van der Waals surface area contributed by atoms with E-state index in [-0.39, 0.29) is 6.61 Å². The molecule has 0 atom stereocenters. The number of hydrogen-bond donors (Lipinski definition) is 1. The molecule has 0 saturated heterocycles. The fraction of sp³-hybridized carbons (Fsp3) is 0.111. The number of carbonyl (C=O) groups is 1. The number of fused-ring (bicyclic) bond motifs is 1. The van der Waals surface area contributed by atoms with Gasteiger partial charge in [0, 0.05) is 5.39 Å². The molecule has 2 aromatic rings. The standard InChI is InChI=1S/C9H8N2O2/c12-6-13-5-9-7-3-1-2-4-8(7)10-11-9/h1-4,6H,5H2,(H,10,11). The minimum absolute atomic E-state index is 0.240. The SMILES string of the molecule is O=COCc1[nH]nc2ccccc12. The Labute approximate surface area is 74.5 Å². The van der Waals surface area contributed by atoms with Crippen molar-refractivity contribution < 1.29 is 9.53 Å². The number of H-pyrrole nitrogens is 1. The molecule has 0 aliphatic heterocycles. The summed E-state index contributed by atoms with van der Waals surface area (Å²) in [6.07, 6.45) is 0. The van der Waals surface area contributed by atoms with Crippen LogP contribution in [-0.4, -0.2) is 16.7 Å². The van der Waals surface area contributed by atoms with Crippen LogP contribution in [0.5, 0.6) is 0 Å². The Morgan fingerprint density at radius 2 is 2.31 bits per heavy atom. The summed E-state index contributed by atoms with van der Waals surface area (Å²) in [7, 11) is 0. The molecule has 0 bridgehead atoms. The van der Waals surface area contributed by atoms with Crippen LogP contribution in [0.4, 0.5) is 0 Å². The van der Waals surface area contributed by atoms with E-state index < -0.39 is 0 Å². The number of carbonyl (C=O) groups excluding carboxylic acids is 1. The number of rotatable bonds is 3. The Bertz CT molecular complexity index is 422. The quantitative estimate of drug-likeness (QED) is 0.716. The summed E-state index contributed by atoms with van der Waals surface area (Å²) in [6, 6.07) is 7.66. The Morgan fingerprint density at radius 3 is 3.15 bits per heavy atom. The summed E-state index contributed by atoms with van der Waals surface area (Å²) >= 11 is 0. The molecule has 2 rings (SSSR count). The highest BCUT2D eigenvalue weighted by molar-refractivity contribution is 5.81. The lowest BCUT2D eigenvalue weighted by molar-refractivity contribution is -0.129. The molecule has 13 heavy (non-hydrogen) atoms. The number of ether oxygens (including phenoxy) is 1. The van der Waals surface area contributed by atoms with Crippen molar-refractivity contribution in [3.05, 3.63) is 30.0 Å². The highest BCUT2D eigenvalue weighted by atomic mass is 16.5. The van der Waals surface area contributed by atoms with Crippen LogP contribution >= 0.6 is 0 Å². The highest BCUT2D eigenvalue weighted by Gasteiger charge is 2.03. The van der Waals surface area contributed by atoms with Crippen LogP contribution in [0.15, 0.2) is 24.3 Å². The lowest BCUT2D eigenvalue weighted by Crippen LogP contribution is -1.90. The molecule has 1 heterocycles. The summed E-state index contributed by atoms with van der Waals surface area (Å²) in [5.74, 6) is 0. The Kier molecular flexibility index (Phi) is 1.96. The van der Waals surface area contributed by atoms with Crippen LogP contribution in [0, 0.1) is 0 Å². The fourth-order valence-electron chi connectivity index (χ4n) is 1.24. The van der Waals surface area contributed by atoms with E-state index in [0.29, 0.717) is 6.47 Å². The minimum Gasteiger partial charge on any atom is -0.461 e. The number of hydrogen-bond acceptors (Lipinski definition) is 3. The molecule has 0 fully saturated rings. The van der Waals surface area contributed by atoms with Gasteiger partial charge in [0.25, 0.3) is 6.47 Å². The van der Waals surface area contributed by atoms with Gasteiger partial charge in [0.05, 0.1) is 11.2 Å². The molecule has 0 spiro atoms. The zero-order valence-corrected chi connectivity index (χ0v) is 6.86. The van der Waals surface area contributed by atoms with Gasteiger partial charge in [0.15, 0.2) is 0 Å². The monoisotopic (exact) mass is 176 g/mol. The maximum Gasteiger partial charge on any atom is 0.293 e. The summed E-state index contributed by atoms with van der Waals surface area (Å²) in [5.41, 5.74) is 1.70. The summed E-state index contributed by atoms with van der Waals surface area (Å²) in [4.78, 5) is 9.98. The summed E-state index contributed by atoms with van der Waals surface area (Å²) in [5, 5.41) is 7.86. The predicted octanol–water partition coefficient (Wildman–Crippen LogP) is 1.24. The van der Waals surface area contributed by atoms with E-state index in [9.17, 15) is 4.79 Å². The highest BCUT2D eigenvalue weighted by Crippen LogP contribution is 2.15. The zero-order valence-electron chi connectivity index (χ0n) is 6.86. The first-order chi connectivity index (χ1) is 6.42. The van der Waals surface area contributed by atoms with Crippen molar-refractivity contribution in [3.63, 3.8) is 0 Å². The van der Waals surface area contributed by atoms with Gasteiger partial charge < -0.3 is 4.74 Å². The molecule has 4 nitrogen and oxygen atoms in total. The molecule has 0 unspecified atom stereocenters. The second kappa shape index (κ2) is 3.26. The van der Waals surface area contributed by atoms with Crippen LogP contribution < -0.4 is 0 Å². The molecule has 0 aliphatic rings. The van der Waals surface area contributed by atoms with E-state index in [1.165, 1.54) is 0 Å². The molecular formula is C9H8N2O2. The number of nitrogens with one attached hydrogen (secondary N) is 1. The molecule has 1 N–H and O–H groups in total. The van der Waals surface area contributed by atoms with Crippen molar-refractivity contribution in [2.75, 3.05) is 0 Å². The molecule has 66 valence electrons. The predicted molar refractivity (Wildman–Crippen MR) is 46.9 cm³/mol. The largest absolute Gasteiger partial charge is 0.461 e. The van der Waals surface area contributed by atoms with Crippen molar-refractivity contribution in [1.29, 1.82) is 0 Å². The first-order valence-corrected chi connectivity index (χ1v) is 3.89. The van der Waals surface area contributed by atoms with E-state index >= 15 is 0 Å². The van der Waals surface area contributed by atoms with Crippen LogP contribution in [0.25, 0.3) is 10.9 Å². The number of para-hydroxylation sites is 1. The fourth-order valence-corrected chi connectivity index (χ4v) is 1.24. The maximum atomic E-state index is 9.98. The zero-order chi connectivity index (χ0) is 9.10. The van der Waals surface area contributed by atoms with E-state index in [1.54, 1.807) is 0 Å². The van der Waals surface area contributed by atoms with Gasteiger partial charge in [-0.15, -0.1) is 0 Å². The molecule has 1 aromatic carbocycles. The van der Waals surface area contributed by atoms with Gasteiger partial charge in [-0.2, -0.15) is 5.10 Å². The van der Waals surface area contributed by atoms with Crippen LogP contribution in [0.3, 0.4) is 0 Å². The smallest absolute Gasteiger partial charge is 0.293 e. The number of aromatic nitrogens is 2. The van der Waals surface area contributed by atoms with E-state index in [1.807, 2.05) is 24.3 Å². The molecule has 0 radical (unpaired) electrons. The second-order valence-electron chi connectivity index (χ2n) is 2.63. The maximum absolute atomic E-state index is 9.98. The van der Waals surface area contributed by atoms with Crippen molar-refractivity contribution in [2.45, 2.75) is 6.61 Å². The third kappa shape index (κ3) is 1.38. The van der Waals surface area contributed by atoms with Gasteiger partial charge in [-0.25, -0.2) is 0 Å². The van der Waals surface area contributed by atoms with Gasteiger partial charge >= 0.3 is 0 Å². The Hall–Kier alpha value is -1.84. The first kappa shape index (κ1) is 7.79. The molecule has 1 aromatic heterocycles. The number of nitrogens with zero attached hydrogens (tertiary/aromatic N) is 1. The van der Waals surface area contributed by atoms with Crippen LogP contribution in [0.1, 0.15) is 5.69 Å².